The highest BCUT2D eigenvalue weighted by Crippen LogP contribution is 2.33. The molecule has 0 aliphatic carbocycles. The van der Waals surface area contributed by atoms with Crippen LogP contribution in [0.3, 0.4) is 0 Å². The molecule has 0 fully saturated rings. The summed E-state index contributed by atoms with van der Waals surface area (Å²) in [6.07, 6.45) is 0.156. The number of ether oxygens (including phenoxy) is 1. The van der Waals surface area contributed by atoms with Gasteiger partial charge in [0.2, 0.25) is 5.91 Å². The number of Topliss-reactive ketones (excluding diaryl/α,β-unsaturated/α-hetero) is 1. The third kappa shape index (κ3) is 5.13. The fraction of sp³-hybridized carbons (Fsp3) is 0.318. The van der Waals surface area contributed by atoms with E-state index in [0.717, 1.165) is 12.1 Å². The lowest BCUT2D eigenvalue weighted by molar-refractivity contribution is -0.128. The van der Waals surface area contributed by atoms with E-state index in [2.05, 4.69) is 10.6 Å². The van der Waals surface area contributed by atoms with Gasteiger partial charge in [-0.15, -0.1) is 0 Å². The van der Waals surface area contributed by atoms with E-state index in [-0.39, 0.29) is 30.7 Å². The van der Waals surface area contributed by atoms with E-state index in [0.29, 0.717) is 23.5 Å². The molecule has 2 amide bonds. The molecule has 0 unspecified atom stereocenters. The maximum absolute atomic E-state index is 12.6. The van der Waals surface area contributed by atoms with Crippen LogP contribution in [0.25, 0.3) is 0 Å². The number of ketones is 1. The summed E-state index contributed by atoms with van der Waals surface area (Å²) in [4.78, 5) is 38.2. The van der Waals surface area contributed by atoms with Crippen molar-refractivity contribution < 1.29 is 19.1 Å². The molecule has 0 bridgehead atoms. The van der Waals surface area contributed by atoms with Gasteiger partial charge in [0.25, 0.3) is 5.91 Å². The Morgan fingerprint density at radius 3 is 2.52 bits per heavy atom. The minimum absolute atomic E-state index is 0.0276. The van der Waals surface area contributed by atoms with Crippen molar-refractivity contribution >= 4 is 29.0 Å². The van der Waals surface area contributed by atoms with Gasteiger partial charge in [0.15, 0.2) is 11.9 Å². The smallest absolute Gasteiger partial charge is 0.262 e. The number of carbonyl (C=O) groups excluding carboxylic acids is 3. The van der Waals surface area contributed by atoms with Crippen molar-refractivity contribution in [3.05, 3.63) is 54.1 Å². The zero-order chi connectivity index (χ0) is 20.8. The molecule has 0 radical (unpaired) electrons. The topological polar surface area (TPSA) is 87.7 Å². The summed E-state index contributed by atoms with van der Waals surface area (Å²) in [5, 5.41) is 5.67. The fourth-order valence-corrected chi connectivity index (χ4v) is 3.12. The van der Waals surface area contributed by atoms with E-state index in [1.165, 1.54) is 6.92 Å². The largest absolute Gasteiger partial charge is 0.477 e. The lowest BCUT2D eigenvalue weighted by Crippen LogP contribution is -2.50. The van der Waals surface area contributed by atoms with E-state index < -0.39 is 6.10 Å². The maximum atomic E-state index is 12.6. The highest BCUT2D eigenvalue weighted by Gasteiger charge is 2.31. The average Bonchev–Trinajstić information content (AvgIpc) is 2.72. The van der Waals surface area contributed by atoms with Crippen LogP contribution in [0.4, 0.5) is 11.4 Å². The molecule has 29 heavy (non-hydrogen) atoms. The van der Waals surface area contributed by atoms with E-state index in [4.69, 9.17) is 4.74 Å². The van der Waals surface area contributed by atoms with Gasteiger partial charge < -0.3 is 20.3 Å². The van der Waals surface area contributed by atoms with Crippen LogP contribution in [-0.4, -0.2) is 43.3 Å². The Labute approximate surface area is 170 Å². The Balaban J connectivity index is 1.69. The van der Waals surface area contributed by atoms with E-state index in [1.807, 2.05) is 30.0 Å². The Morgan fingerprint density at radius 2 is 1.83 bits per heavy atom. The number of nitrogens with zero attached hydrogens (tertiary/aromatic N) is 1. The van der Waals surface area contributed by atoms with Crippen molar-refractivity contribution in [1.29, 1.82) is 0 Å². The molecule has 1 atom stereocenters. The van der Waals surface area contributed by atoms with Crippen molar-refractivity contribution in [3.63, 3.8) is 0 Å². The van der Waals surface area contributed by atoms with E-state index in [9.17, 15) is 14.4 Å². The van der Waals surface area contributed by atoms with Crippen LogP contribution >= 0.6 is 0 Å². The second-order valence-electron chi connectivity index (χ2n) is 6.93. The molecule has 0 aromatic heterocycles. The highest BCUT2D eigenvalue weighted by atomic mass is 16.5. The number of anilines is 2. The number of hydrogen-bond acceptors (Lipinski definition) is 5. The van der Waals surface area contributed by atoms with Crippen molar-refractivity contribution in [2.75, 3.05) is 29.9 Å². The van der Waals surface area contributed by atoms with E-state index >= 15 is 0 Å². The molecule has 1 aliphatic rings. The Hall–Kier alpha value is -3.35. The third-order valence-corrected chi connectivity index (χ3v) is 4.61. The number of benzene rings is 2. The van der Waals surface area contributed by atoms with Crippen LogP contribution in [-0.2, 0) is 9.59 Å². The molecule has 0 spiro atoms. The summed E-state index contributed by atoms with van der Waals surface area (Å²) >= 11 is 0. The fourth-order valence-electron chi connectivity index (χ4n) is 3.12. The van der Waals surface area contributed by atoms with Crippen LogP contribution in [0.1, 0.15) is 30.6 Å². The van der Waals surface area contributed by atoms with Crippen molar-refractivity contribution in [3.8, 4) is 5.75 Å². The van der Waals surface area contributed by atoms with Crippen molar-refractivity contribution in [1.82, 2.24) is 5.32 Å². The van der Waals surface area contributed by atoms with Crippen LogP contribution in [0.15, 0.2) is 48.5 Å². The minimum Gasteiger partial charge on any atom is -0.477 e. The molecule has 7 heteroatoms. The first-order valence-corrected chi connectivity index (χ1v) is 9.67. The summed E-state index contributed by atoms with van der Waals surface area (Å²) < 4.78 is 5.84. The van der Waals surface area contributed by atoms with Gasteiger partial charge in [0.05, 0.1) is 18.8 Å². The molecular weight excluding hydrogens is 370 g/mol. The molecule has 0 saturated heterocycles. The van der Waals surface area contributed by atoms with E-state index in [1.54, 1.807) is 30.3 Å². The van der Waals surface area contributed by atoms with Gasteiger partial charge in [-0.2, -0.15) is 0 Å². The normalized spacial score (nSPS) is 15.1. The molecule has 2 aromatic carbocycles. The number of carbonyl (C=O) groups is 3. The van der Waals surface area contributed by atoms with Gasteiger partial charge in [-0.25, -0.2) is 0 Å². The van der Waals surface area contributed by atoms with Gasteiger partial charge in [-0.05, 0) is 49.7 Å². The lowest BCUT2D eigenvalue weighted by atomic mass is 10.1. The van der Waals surface area contributed by atoms with Gasteiger partial charge in [-0.1, -0.05) is 19.1 Å². The van der Waals surface area contributed by atoms with Gasteiger partial charge in [-0.3, -0.25) is 14.4 Å². The summed E-state index contributed by atoms with van der Waals surface area (Å²) in [7, 11) is 0. The Bertz CT molecular complexity index is 895. The highest BCUT2D eigenvalue weighted by molar-refractivity contribution is 5.97. The molecule has 152 valence electrons. The zero-order valence-electron chi connectivity index (χ0n) is 16.6. The molecular formula is C22H25N3O4. The Kier molecular flexibility index (Phi) is 6.49. The number of hydrogen-bond donors (Lipinski definition) is 2. The number of amides is 2. The average molecular weight is 395 g/mol. The molecule has 2 aromatic rings. The van der Waals surface area contributed by atoms with Gasteiger partial charge in [0, 0.05) is 17.8 Å². The number of rotatable bonds is 7. The number of para-hydroxylation sites is 2. The monoisotopic (exact) mass is 395 g/mol. The second kappa shape index (κ2) is 9.23. The molecule has 1 heterocycles. The summed E-state index contributed by atoms with van der Waals surface area (Å²) in [5.41, 5.74) is 1.97. The summed E-state index contributed by atoms with van der Waals surface area (Å²) in [6.45, 7) is 4.42. The first-order valence-electron chi connectivity index (χ1n) is 9.67. The first kappa shape index (κ1) is 20.4. The lowest BCUT2D eigenvalue weighted by Gasteiger charge is -2.35. The van der Waals surface area contributed by atoms with Gasteiger partial charge >= 0.3 is 0 Å². The quantitative estimate of drug-likeness (QED) is 0.704. The molecule has 0 saturated carbocycles. The van der Waals surface area contributed by atoms with Crippen LogP contribution < -0.4 is 20.3 Å². The standard InChI is InChI=1S/C22H25N3O4/c1-3-12-23-22(28)20-13-25(18-6-4-5-7-19(18)29-20)14-21(27)24-17-10-8-16(9-11-17)15(2)26/h4-11,20H,3,12-14H2,1-2H3,(H,23,28)(H,24,27)/t20-/m0/s1. The second-order valence-corrected chi connectivity index (χ2v) is 6.93. The molecule has 3 rings (SSSR count). The van der Waals surface area contributed by atoms with Crippen molar-refractivity contribution in [2.45, 2.75) is 26.4 Å². The number of nitrogens with one attached hydrogen (secondary N) is 2. The van der Waals surface area contributed by atoms with Gasteiger partial charge in [0.1, 0.15) is 5.75 Å². The zero-order valence-corrected chi connectivity index (χ0v) is 16.6. The maximum Gasteiger partial charge on any atom is 0.262 e. The third-order valence-electron chi connectivity index (χ3n) is 4.61. The SMILES string of the molecule is CCCNC(=O)[C@@H]1CN(CC(=O)Nc2ccc(C(C)=O)cc2)c2ccccc2O1. The summed E-state index contributed by atoms with van der Waals surface area (Å²) in [5.74, 6) is 0.144. The number of fused-ring (bicyclic) bond motifs is 1. The van der Waals surface area contributed by atoms with Crippen LogP contribution in [0.2, 0.25) is 0 Å². The molecule has 1 aliphatic heterocycles. The predicted molar refractivity (Wildman–Crippen MR) is 111 cm³/mol. The molecule has 2 N–H and O–H groups in total. The first-order chi connectivity index (χ1) is 14.0. The summed E-state index contributed by atoms with van der Waals surface area (Å²) in [6, 6.07) is 14.1. The van der Waals surface area contributed by atoms with Crippen LogP contribution in [0.5, 0.6) is 5.75 Å². The van der Waals surface area contributed by atoms with Crippen molar-refractivity contribution in [2.24, 2.45) is 0 Å². The predicted octanol–water partition coefficient (Wildman–Crippen LogP) is 2.62. The van der Waals surface area contributed by atoms with Crippen LogP contribution in [0, 0.1) is 0 Å². The Morgan fingerprint density at radius 1 is 1.10 bits per heavy atom. The molecule has 7 nitrogen and oxygen atoms in total. The minimum atomic E-state index is -0.681.